The van der Waals surface area contributed by atoms with Crippen molar-refractivity contribution in [2.24, 2.45) is 0 Å². The van der Waals surface area contributed by atoms with Gasteiger partial charge in [0.2, 0.25) is 0 Å². The highest BCUT2D eigenvalue weighted by Crippen LogP contribution is 2.21. The first kappa shape index (κ1) is 7.97. The lowest BCUT2D eigenvalue weighted by atomic mass is 10.3. The summed E-state index contributed by atoms with van der Waals surface area (Å²) in [4.78, 5) is 3.85. The molecule has 1 aromatic heterocycles. The van der Waals surface area contributed by atoms with E-state index < -0.39 is 11.6 Å². The summed E-state index contributed by atoms with van der Waals surface area (Å²) in [5, 5.41) is 2.63. The van der Waals surface area contributed by atoms with Gasteiger partial charge in [0.15, 0.2) is 17.2 Å². The number of oxazole rings is 1. The Labute approximate surface area is 72.4 Å². The number of hydrogen-bond donors (Lipinski definition) is 1. The predicted octanol–water partition coefficient (Wildman–Crippen LogP) is 2.15. The Bertz CT molecular complexity index is 414. The smallest absolute Gasteiger partial charge is 0.295 e. The van der Waals surface area contributed by atoms with Gasteiger partial charge in [0.1, 0.15) is 5.52 Å². The Hall–Kier alpha value is -1.65. The van der Waals surface area contributed by atoms with Gasteiger partial charge in [-0.2, -0.15) is 4.98 Å². The molecule has 0 unspecified atom stereocenters. The van der Waals surface area contributed by atoms with Crippen LogP contribution in [0.15, 0.2) is 16.5 Å². The van der Waals surface area contributed by atoms with Crippen LogP contribution in [0.4, 0.5) is 14.8 Å². The van der Waals surface area contributed by atoms with Gasteiger partial charge in [-0.05, 0) is 0 Å². The van der Waals surface area contributed by atoms with E-state index in [-0.39, 0.29) is 11.6 Å². The Morgan fingerprint density at radius 3 is 2.69 bits per heavy atom. The molecule has 0 radical (unpaired) electrons. The second-order valence-corrected chi connectivity index (χ2v) is 2.50. The Balaban J connectivity index is 2.70. The zero-order chi connectivity index (χ0) is 9.42. The fourth-order valence-electron chi connectivity index (χ4n) is 1.03. The van der Waals surface area contributed by atoms with Gasteiger partial charge in [0, 0.05) is 19.2 Å². The van der Waals surface area contributed by atoms with E-state index in [0.717, 1.165) is 12.1 Å². The second kappa shape index (κ2) is 2.69. The lowest BCUT2D eigenvalue weighted by Crippen LogP contribution is -1.85. The van der Waals surface area contributed by atoms with Crippen LogP contribution in [-0.2, 0) is 0 Å². The largest absolute Gasteiger partial charge is 0.423 e. The highest BCUT2D eigenvalue weighted by molar-refractivity contribution is 5.74. The Kier molecular flexibility index (Phi) is 1.65. The Morgan fingerprint density at radius 1 is 1.31 bits per heavy atom. The van der Waals surface area contributed by atoms with Gasteiger partial charge in [-0.25, -0.2) is 8.78 Å². The van der Waals surface area contributed by atoms with Gasteiger partial charge >= 0.3 is 0 Å². The molecule has 68 valence electrons. The van der Waals surface area contributed by atoms with Crippen LogP contribution < -0.4 is 5.32 Å². The third-order valence-electron chi connectivity index (χ3n) is 1.64. The summed E-state index contributed by atoms with van der Waals surface area (Å²) >= 11 is 0. The van der Waals surface area contributed by atoms with Crippen LogP contribution >= 0.6 is 0 Å². The van der Waals surface area contributed by atoms with E-state index in [1.165, 1.54) is 0 Å². The first-order valence-electron chi connectivity index (χ1n) is 3.64. The number of benzene rings is 1. The minimum atomic E-state index is -0.939. The van der Waals surface area contributed by atoms with Crippen LogP contribution in [0.5, 0.6) is 0 Å². The van der Waals surface area contributed by atoms with Gasteiger partial charge < -0.3 is 9.73 Å². The average molecular weight is 184 g/mol. The molecule has 0 atom stereocenters. The maximum atomic E-state index is 12.7. The van der Waals surface area contributed by atoms with Crippen molar-refractivity contribution in [2.75, 3.05) is 12.4 Å². The van der Waals surface area contributed by atoms with Crippen LogP contribution in [0.2, 0.25) is 0 Å². The summed E-state index contributed by atoms with van der Waals surface area (Å²) in [6.07, 6.45) is 0. The van der Waals surface area contributed by atoms with Crippen molar-refractivity contribution in [2.45, 2.75) is 0 Å². The van der Waals surface area contributed by atoms with Crippen molar-refractivity contribution < 1.29 is 13.2 Å². The maximum Gasteiger partial charge on any atom is 0.295 e. The van der Waals surface area contributed by atoms with E-state index in [4.69, 9.17) is 4.42 Å². The molecule has 0 amide bonds. The van der Waals surface area contributed by atoms with Crippen LogP contribution in [-0.4, -0.2) is 12.0 Å². The van der Waals surface area contributed by atoms with Crippen LogP contribution in [0.1, 0.15) is 0 Å². The predicted molar refractivity (Wildman–Crippen MR) is 43.5 cm³/mol. The quantitative estimate of drug-likeness (QED) is 0.737. The molecule has 0 saturated carbocycles. The summed E-state index contributed by atoms with van der Waals surface area (Å²) < 4.78 is 30.4. The number of rotatable bonds is 1. The van der Waals surface area contributed by atoms with Gasteiger partial charge in [-0.1, -0.05) is 0 Å². The molecule has 1 N–H and O–H groups in total. The molecule has 0 aliphatic rings. The molecule has 2 aromatic rings. The van der Waals surface area contributed by atoms with Crippen LogP contribution in [0.25, 0.3) is 11.1 Å². The molecule has 13 heavy (non-hydrogen) atoms. The molecule has 5 heteroatoms. The first-order chi connectivity index (χ1) is 6.20. The monoisotopic (exact) mass is 184 g/mol. The molecule has 3 nitrogen and oxygen atoms in total. The molecule has 1 aromatic carbocycles. The molecule has 0 aliphatic carbocycles. The van der Waals surface area contributed by atoms with E-state index in [1.807, 2.05) is 0 Å². The highest BCUT2D eigenvalue weighted by Gasteiger charge is 2.09. The lowest BCUT2D eigenvalue weighted by Gasteiger charge is -1.89. The number of aromatic nitrogens is 1. The molecule has 2 rings (SSSR count). The third-order valence-corrected chi connectivity index (χ3v) is 1.64. The second-order valence-electron chi connectivity index (χ2n) is 2.50. The molecule has 0 saturated heterocycles. The van der Waals surface area contributed by atoms with Gasteiger partial charge in [0.25, 0.3) is 6.01 Å². The standard InChI is InChI=1S/C8H6F2N2O/c1-11-8-12-6-2-4(9)5(10)3-7(6)13-8/h2-3H,1H3,(H,11,12). The van der Waals surface area contributed by atoms with Crippen molar-refractivity contribution in [3.05, 3.63) is 23.8 Å². The van der Waals surface area contributed by atoms with E-state index >= 15 is 0 Å². The van der Waals surface area contributed by atoms with Gasteiger partial charge in [0.05, 0.1) is 0 Å². The third kappa shape index (κ3) is 1.22. The van der Waals surface area contributed by atoms with Crippen LogP contribution in [0.3, 0.4) is 0 Å². The number of halogens is 2. The summed E-state index contributed by atoms with van der Waals surface area (Å²) in [6.45, 7) is 0. The SMILES string of the molecule is CNc1nc2cc(F)c(F)cc2o1. The summed E-state index contributed by atoms with van der Waals surface area (Å²) in [7, 11) is 1.61. The highest BCUT2D eigenvalue weighted by atomic mass is 19.2. The van der Waals surface area contributed by atoms with Crippen molar-refractivity contribution in [1.29, 1.82) is 0 Å². The molecule has 0 fully saturated rings. The summed E-state index contributed by atoms with van der Waals surface area (Å²) in [5.41, 5.74) is 0.520. The topological polar surface area (TPSA) is 38.1 Å². The van der Waals surface area contributed by atoms with E-state index in [9.17, 15) is 8.78 Å². The number of anilines is 1. The number of nitrogens with zero attached hydrogens (tertiary/aromatic N) is 1. The van der Waals surface area contributed by atoms with Crippen molar-refractivity contribution in [1.82, 2.24) is 4.98 Å². The van der Waals surface area contributed by atoms with Gasteiger partial charge in [-0.3, -0.25) is 0 Å². The first-order valence-corrected chi connectivity index (χ1v) is 3.64. The average Bonchev–Trinajstić information content (AvgIpc) is 2.48. The fourth-order valence-corrected chi connectivity index (χ4v) is 1.03. The van der Waals surface area contributed by atoms with Crippen molar-refractivity contribution in [3.63, 3.8) is 0 Å². The fraction of sp³-hybridized carbons (Fsp3) is 0.125. The van der Waals surface area contributed by atoms with Gasteiger partial charge in [-0.15, -0.1) is 0 Å². The molecule has 0 aliphatic heterocycles. The lowest BCUT2D eigenvalue weighted by molar-refractivity contribution is 0.507. The zero-order valence-electron chi connectivity index (χ0n) is 6.77. The van der Waals surface area contributed by atoms with Crippen molar-refractivity contribution >= 4 is 17.1 Å². The number of fused-ring (bicyclic) bond motifs is 1. The molecular formula is C8H6F2N2O. The number of hydrogen-bond acceptors (Lipinski definition) is 3. The molecular weight excluding hydrogens is 178 g/mol. The molecule has 1 heterocycles. The van der Waals surface area contributed by atoms with E-state index in [2.05, 4.69) is 10.3 Å². The summed E-state index contributed by atoms with van der Waals surface area (Å²) in [5.74, 6) is -1.87. The zero-order valence-corrected chi connectivity index (χ0v) is 6.77. The normalized spacial score (nSPS) is 10.7. The van der Waals surface area contributed by atoms with Crippen molar-refractivity contribution in [3.8, 4) is 0 Å². The number of nitrogens with one attached hydrogen (secondary N) is 1. The molecule has 0 bridgehead atoms. The van der Waals surface area contributed by atoms with Crippen LogP contribution in [0, 0.1) is 11.6 Å². The maximum absolute atomic E-state index is 12.7. The summed E-state index contributed by atoms with van der Waals surface area (Å²) in [6, 6.07) is 2.20. The minimum absolute atomic E-state index is 0.225. The Morgan fingerprint density at radius 2 is 2.00 bits per heavy atom. The van der Waals surface area contributed by atoms with E-state index in [0.29, 0.717) is 5.52 Å². The minimum Gasteiger partial charge on any atom is -0.423 e. The van der Waals surface area contributed by atoms with E-state index in [1.54, 1.807) is 7.05 Å². The molecule has 0 spiro atoms.